The zero-order chi connectivity index (χ0) is 15.6. The van der Waals surface area contributed by atoms with Crippen LogP contribution in [0.1, 0.15) is 12.5 Å². The SMILES string of the molecule is CCN(c1ccccc1C)S(=O)(=O)c1c(N)cccc1Cl. The first kappa shape index (κ1) is 15.7. The Morgan fingerprint density at radius 3 is 2.38 bits per heavy atom. The topological polar surface area (TPSA) is 63.4 Å². The van der Waals surface area contributed by atoms with Crippen molar-refractivity contribution in [2.24, 2.45) is 0 Å². The van der Waals surface area contributed by atoms with Crippen LogP contribution in [0.15, 0.2) is 47.4 Å². The van der Waals surface area contributed by atoms with E-state index in [0.29, 0.717) is 5.69 Å². The van der Waals surface area contributed by atoms with Gasteiger partial charge in [0.05, 0.1) is 16.4 Å². The third-order valence-electron chi connectivity index (χ3n) is 3.22. The van der Waals surface area contributed by atoms with Crippen molar-refractivity contribution < 1.29 is 8.42 Å². The van der Waals surface area contributed by atoms with Crippen molar-refractivity contribution in [3.8, 4) is 0 Å². The lowest BCUT2D eigenvalue weighted by molar-refractivity contribution is 0.592. The predicted molar refractivity (Wildman–Crippen MR) is 87.2 cm³/mol. The number of halogens is 1. The van der Waals surface area contributed by atoms with Crippen molar-refractivity contribution in [2.75, 3.05) is 16.6 Å². The second-order valence-corrected chi connectivity index (χ2v) is 6.82. The lowest BCUT2D eigenvalue weighted by Crippen LogP contribution is -2.32. The average Bonchev–Trinajstić information content (AvgIpc) is 2.41. The fourth-order valence-electron chi connectivity index (χ4n) is 2.22. The Balaban J connectivity index is 2.64. The Kier molecular flexibility index (Phi) is 4.44. The first-order chi connectivity index (χ1) is 9.89. The van der Waals surface area contributed by atoms with E-state index in [1.54, 1.807) is 25.1 Å². The Labute approximate surface area is 130 Å². The molecular formula is C15H17ClN2O2S. The summed E-state index contributed by atoms with van der Waals surface area (Å²) in [6, 6.07) is 12.0. The number of aryl methyl sites for hydroxylation is 1. The third-order valence-corrected chi connectivity index (χ3v) is 5.65. The summed E-state index contributed by atoms with van der Waals surface area (Å²) in [7, 11) is -3.81. The zero-order valence-corrected chi connectivity index (χ0v) is 13.4. The molecule has 0 fully saturated rings. The van der Waals surface area contributed by atoms with Gasteiger partial charge in [-0.3, -0.25) is 4.31 Å². The summed E-state index contributed by atoms with van der Waals surface area (Å²) in [6.07, 6.45) is 0. The maximum atomic E-state index is 12.9. The molecule has 0 unspecified atom stereocenters. The van der Waals surface area contributed by atoms with Gasteiger partial charge in [-0.05, 0) is 37.6 Å². The van der Waals surface area contributed by atoms with E-state index in [9.17, 15) is 8.42 Å². The molecule has 0 radical (unpaired) electrons. The van der Waals surface area contributed by atoms with Crippen LogP contribution in [0.2, 0.25) is 5.02 Å². The molecule has 2 aromatic rings. The van der Waals surface area contributed by atoms with E-state index in [1.807, 2.05) is 19.1 Å². The third kappa shape index (κ3) is 2.84. The molecule has 21 heavy (non-hydrogen) atoms. The number of nitrogens with two attached hydrogens (primary N) is 1. The maximum absolute atomic E-state index is 12.9. The number of rotatable bonds is 4. The molecule has 0 aliphatic carbocycles. The number of hydrogen-bond donors (Lipinski definition) is 1. The number of nitrogen functional groups attached to an aromatic ring is 1. The summed E-state index contributed by atoms with van der Waals surface area (Å²) in [6.45, 7) is 3.93. The van der Waals surface area contributed by atoms with E-state index in [4.69, 9.17) is 17.3 Å². The molecule has 0 aliphatic heterocycles. The average molecular weight is 325 g/mol. The van der Waals surface area contributed by atoms with Gasteiger partial charge in [-0.15, -0.1) is 0 Å². The summed E-state index contributed by atoms with van der Waals surface area (Å²) in [4.78, 5) is -0.0447. The molecule has 0 bridgehead atoms. The number of anilines is 2. The lowest BCUT2D eigenvalue weighted by Gasteiger charge is -2.25. The molecule has 0 spiro atoms. The van der Waals surface area contributed by atoms with Gasteiger partial charge in [0, 0.05) is 6.54 Å². The van der Waals surface area contributed by atoms with Gasteiger partial charge in [-0.1, -0.05) is 35.9 Å². The van der Waals surface area contributed by atoms with Crippen LogP contribution in [-0.2, 0) is 10.0 Å². The van der Waals surface area contributed by atoms with E-state index in [-0.39, 0.29) is 22.2 Å². The minimum atomic E-state index is -3.81. The highest BCUT2D eigenvalue weighted by atomic mass is 35.5. The van der Waals surface area contributed by atoms with Crippen molar-refractivity contribution in [3.05, 3.63) is 53.1 Å². The highest BCUT2D eigenvalue weighted by Crippen LogP contribution is 2.33. The van der Waals surface area contributed by atoms with E-state index in [2.05, 4.69) is 0 Å². The van der Waals surface area contributed by atoms with Gasteiger partial charge < -0.3 is 5.73 Å². The fraction of sp³-hybridized carbons (Fsp3) is 0.200. The molecule has 2 aromatic carbocycles. The number of benzene rings is 2. The van der Waals surface area contributed by atoms with Crippen LogP contribution in [0.25, 0.3) is 0 Å². The minimum absolute atomic E-state index is 0.0447. The summed E-state index contributed by atoms with van der Waals surface area (Å²) in [5, 5.41) is 0.127. The molecule has 112 valence electrons. The molecule has 2 rings (SSSR count). The van der Waals surface area contributed by atoms with Gasteiger partial charge in [0.15, 0.2) is 0 Å². The summed E-state index contributed by atoms with van der Waals surface area (Å²) in [5.41, 5.74) is 7.47. The standard InChI is InChI=1S/C15H17ClN2O2S/c1-3-18(14-10-5-4-7-11(14)2)21(19,20)15-12(16)8-6-9-13(15)17/h4-10H,3,17H2,1-2H3. The Bertz CT molecular complexity index is 740. The van der Waals surface area contributed by atoms with Crippen LogP contribution < -0.4 is 10.0 Å². The van der Waals surface area contributed by atoms with Gasteiger partial charge in [-0.25, -0.2) is 8.42 Å². The summed E-state index contributed by atoms with van der Waals surface area (Å²) in [5.74, 6) is 0. The molecule has 6 heteroatoms. The molecule has 0 atom stereocenters. The molecule has 4 nitrogen and oxygen atoms in total. The first-order valence-electron chi connectivity index (χ1n) is 6.52. The molecular weight excluding hydrogens is 308 g/mol. The predicted octanol–water partition coefficient (Wildman–Crippen LogP) is 3.45. The molecule has 0 aromatic heterocycles. The zero-order valence-electron chi connectivity index (χ0n) is 11.9. The number of nitrogens with zero attached hydrogens (tertiary/aromatic N) is 1. The second-order valence-electron chi connectivity index (χ2n) is 4.61. The number of sulfonamides is 1. The van der Waals surface area contributed by atoms with Crippen molar-refractivity contribution in [1.29, 1.82) is 0 Å². The molecule has 2 N–H and O–H groups in total. The van der Waals surface area contributed by atoms with Crippen LogP contribution in [0.5, 0.6) is 0 Å². The van der Waals surface area contributed by atoms with E-state index in [1.165, 1.54) is 16.4 Å². The van der Waals surface area contributed by atoms with Gasteiger partial charge in [0.1, 0.15) is 4.90 Å². The Hall–Kier alpha value is -1.72. The smallest absolute Gasteiger partial charge is 0.267 e. The normalized spacial score (nSPS) is 11.4. The monoisotopic (exact) mass is 324 g/mol. The molecule has 0 heterocycles. The van der Waals surface area contributed by atoms with Crippen molar-refractivity contribution in [1.82, 2.24) is 0 Å². The van der Waals surface area contributed by atoms with Crippen molar-refractivity contribution in [3.63, 3.8) is 0 Å². The maximum Gasteiger partial charge on any atom is 0.267 e. The van der Waals surface area contributed by atoms with E-state index < -0.39 is 10.0 Å². The first-order valence-corrected chi connectivity index (χ1v) is 8.33. The summed E-state index contributed by atoms with van der Waals surface area (Å²) < 4.78 is 27.2. The fourth-order valence-corrected chi connectivity index (χ4v) is 4.40. The van der Waals surface area contributed by atoms with Crippen LogP contribution in [-0.4, -0.2) is 15.0 Å². The Morgan fingerprint density at radius 1 is 1.14 bits per heavy atom. The Morgan fingerprint density at radius 2 is 1.81 bits per heavy atom. The number of hydrogen-bond acceptors (Lipinski definition) is 3. The second kappa shape index (κ2) is 5.95. The van der Waals surface area contributed by atoms with Crippen LogP contribution in [0.4, 0.5) is 11.4 Å². The molecule has 0 saturated carbocycles. The van der Waals surface area contributed by atoms with Crippen LogP contribution in [0, 0.1) is 6.92 Å². The number of para-hydroxylation sites is 1. The van der Waals surface area contributed by atoms with Gasteiger partial charge in [0.2, 0.25) is 0 Å². The highest BCUT2D eigenvalue weighted by molar-refractivity contribution is 7.93. The van der Waals surface area contributed by atoms with Gasteiger partial charge >= 0.3 is 0 Å². The van der Waals surface area contributed by atoms with Gasteiger partial charge in [-0.2, -0.15) is 0 Å². The molecule has 0 saturated heterocycles. The van der Waals surface area contributed by atoms with Crippen molar-refractivity contribution in [2.45, 2.75) is 18.7 Å². The largest absolute Gasteiger partial charge is 0.398 e. The lowest BCUT2D eigenvalue weighted by atomic mass is 10.2. The molecule has 0 amide bonds. The molecule has 0 aliphatic rings. The van der Waals surface area contributed by atoms with Crippen LogP contribution >= 0.6 is 11.6 Å². The van der Waals surface area contributed by atoms with Crippen molar-refractivity contribution >= 4 is 33.0 Å². The van der Waals surface area contributed by atoms with Crippen LogP contribution in [0.3, 0.4) is 0 Å². The van der Waals surface area contributed by atoms with Gasteiger partial charge in [0.25, 0.3) is 10.0 Å². The quantitative estimate of drug-likeness (QED) is 0.876. The van der Waals surface area contributed by atoms with E-state index >= 15 is 0 Å². The van der Waals surface area contributed by atoms with E-state index in [0.717, 1.165) is 5.56 Å². The highest BCUT2D eigenvalue weighted by Gasteiger charge is 2.28. The summed E-state index contributed by atoms with van der Waals surface area (Å²) >= 11 is 6.06. The minimum Gasteiger partial charge on any atom is -0.398 e.